The van der Waals surface area contributed by atoms with Gasteiger partial charge in [-0.1, -0.05) is 30.7 Å². The number of benzene rings is 2. The number of halogens is 1. The van der Waals surface area contributed by atoms with Crippen molar-refractivity contribution >= 4 is 39.1 Å². The number of rotatable bonds is 8. The van der Waals surface area contributed by atoms with Gasteiger partial charge in [0.1, 0.15) is 0 Å². The van der Waals surface area contributed by atoms with Crippen LogP contribution in [0.25, 0.3) is 0 Å². The van der Waals surface area contributed by atoms with Crippen LogP contribution in [0.5, 0.6) is 0 Å². The molecule has 1 unspecified atom stereocenters. The zero-order valence-electron chi connectivity index (χ0n) is 17.3. The quantitative estimate of drug-likeness (QED) is 0.566. The van der Waals surface area contributed by atoms with Crippen molar-refractivity contribution in [1.82, 2.24) is 10.0 Å². The number of carbonyl (C=O) groups is 2. The maximum Gasteiger partial charge on any atom is 0.253 e. The maximum atomic E-state index is 12.7. The van der Waals surface area contributed by atoms with Crippen LogP contribution in [-0.4, -0.2) is 26.3 Å². The molecule has 0 bridgehead atoms. The fourth-order valence-corrected chi connectivity index (χ4v) is 4.17. The Balaban J connectivity index is 2.17. The maximum absolute atomic E-state index is 12.7. The number of hydrogen-bond acceptors (Lipinski definition) is 4. The van der Waals surface area contributed by atoms with Crippen molar-refractivity contribution in [2.75, 3.05) is 5.32 Å². The van der Waals surface area contributed by atoms with Gasteiger partial charge in [0, 0.05) is 18.2 Å². The van der Waals surface area contributed by atoms with E-state index in [1.807, 2.05) is 0 Å². The number of amides is 2. The Labute approximate surface area is 182 Å². The smallest absolute Gasteiger partial charge is 0.253 e. The van der Waals surface area contributed by atoms with E-state index in [1.54, 1.807) is 52.0 Å². The number of hydrogen-bond donors (Lipinski definition) is 3. The van der Waals surface area contributed by atoms with Gasteiger partial charge in [-0.3, -0.25) is 9.59 Å². The van der Waals surface area contributed by atoms with E-state index in [4.69, 9.17) is 11.6 Å². The molecule has 0 heterocycles. The molecule has 0 spiro atoms. The van der Waals surface area contributed by atoms with Gasteiger partial charge in [-0.15, -0.1) is 0 Å². The van der Waals surface area contributed by atoms with Crippen molar-refractivity contribution in [3.63, 3.8) is 0 Å². The van der Waals surface area contributed by atoms with Gasteiger partial charge in [-0.25, -0.2) is 13.1 Å². The van der Waals surface area contributed by atoms with Gasteiger partial charge >= 0.3 is 0 Å². The van der Waals surface area contributed by atoms with Crippen molar-refractivity contribution in [2.45, 2.75) is 51.1 Å². The summed E-state index contributed by atoms with van der Waals surface area (Å²) in [6.45, 7) is 6.99. The van der Waals surface area contributed by atoms with Gasteiger partial charge in [-0.2, -0.15) is 0 Å². The summed E-state index contributed by atoms with van der Waals surface area (Å²) in [5, 5.41) is 5.73. The number of carbonyl (C=O) groups excluding carboxylic acids is 2. The van der Waals surface area contributed by atoms with E-state index in [-0.39, 0.29) is 33.5 Å². The van der Waals surface area contributed by atoms with Crippen molar-refractivity contribution < 1.29 is 18.0 Å². The van der Waals surface area contributed by atoms with E-state index in [2.05, 4.69) is 15.4 Å². The predicted octanol–water partition coefficient (Wildman–Crippen LogP) is 3.87. The summed E-state index contributed by atoms with van der Waals surface area (Å²) in [7, 11) is -3.75. The van der Waals surface area contributed by atoms with Gasteiger partial charge < -0.3 is 10.6 Å². The normalized spacial score (nSPS) is 12.5. The Morgan fingerprint density at radius 2 is 1.67 bits per heavy atom. The van der Waals surface area contributed by atoms with Crippen LogP contribution in [0.2, 0.25) is 5.02 Å². The molecule has 0 saturated heterocycles. The molecule has 7 nitrogen and oxygen atoms in total. The molecule has 0 saturated carbocycles. The molecule has 2 amide bonds. The summed E-state index contributed by atoms with van der Waals surface area (Å²) >= 11 is 6.14. The highest BCUT2D eigenvalue weighted by molar-refractivity contribution is 7.89. The average Bonchev–Trinajstić information content (AvgIpc) is 2.67. The average molecular weight is 452 g/mol. The standard InChI is InChI=1S/C21H26ClN3O4S/c1-5-20(26)24-16-8-6-15(7-9-16)14(4)23-21(27)18-12-17(10-11-19(18)22)30(28,29)25-13(2)3/h6-14,25H,5H2,1-4H3,(H,23,27)(H,24,26). The molecule has 0 aliphatic carbocycles. The highest BCUT2D eigenvalue weighted by Crippen LogP contribution is 2.23. The lowest BCUT2D eigenvalue weighted by Gasteiger charge is -2.16. The SMILES string of the molecule is CCC(=O)Nc1ccc(C(C)NC(=O)c2cc(S(=O)(=O)NC(C)C)ccc2Cl)cc1. The molecule has 9 heteroatoms. The van der Waals surface area contributed by atoms with Crippen molar-refractivity contribution in [2.24, 2.45) is 0 Å². The summed E-state index contributed by atoms with van der Waals surface area (Å²) in [6.07, 6.45) is 0.385. The van der Waals surface area contributed by atoms with E-state index in [1.165, 1.54) is 18.2 Å². The number of anilines is 1. The summed E-state index contributed by atoms with van der Waals surface area (Å²) in [4.78, 5) is 24.2. The highest BCUT2D eigenvalue weighted by atomic mass is 35.5. The minimum absolute atomic E-state index is 0.0329. The molecule has 0 radical (unpaired) electrons. The first kappa shape index (κ1) is 23.9. The zero-order valence-corrected chi connectivity index (χ0v) is 18.9. The lowest BCUT2D eigenvalue weighted by atomic mass is 10.1. The molecule has 0 aliphatic heterocycles. The van der Waals surface area contributed by atoms with Crippen LogP contribution in [0.3, 0.4) is 0 Å². The molecule has 1 atom stereocenters. The summed E-state index contributed by atoms with van der Waals surface area (Å²) in [5.41, 5.74) is 1.56. The van der Waals surface area contributed by atoms with E-state index in [0.29, 0.717) is 12.1 Å². The monoisotopic (exact) mass is 451 g/mol. The Bertz CT molecular complexity index is 1020. The Kier molecular flexibility index (Phi) is 8.00. The van der Waals surface area contributed by atoms with Gasteiger partial charge in [0.25, 0.3) is 5.91 Å². The molecule has 30 heavy (non-hydrogen) atoms. The first-order chi connectivity index (χ1) is 14.0. The molecule has 2 rings (SSSR count). The fraction of sp³-hybridized carbons (Fsp3) is 0.333. The molecular formula is C21H26ClN3O4S. The first-order valence-corrected chi connectivity index (χ1v) is 11.4. The molecular weight excluding hydrogens is 426 g/mol. The third-order valence-electron chi connectivity index (χ3n) is 4.25. The van der Waals surface area contributed by atoms with Crippen LogP contribution in [0.1, 0.15) is 56.1 Å². The summed E-state index contributed by atoms with van der Waals surface area (Å²) < 4.78 is 27.3. The molecule has 3 N–H and O–H groups in total. The van der Waals surface area contributed by atoms with Crippen molar-refractivity contribution in [3.8, 4) is 0 Å². The molecule has 2 aromatic rings. The van der Waals surface area contributed by atoms with Crippen LogP contribution < -0.4 is 15.4 Å². The van der Waals surface area contributed by atoms with Crippen LogP contribution in [0.15, 0.2) is 47.4 Å². The summed E-state index contributed by atoms with van der Waals surface area (Å²) in [5.74, 6) is -0.571. The largest absolute Gasteiger partial charge is 0.345 e. The minimum atomic E-state index is -3.75. The lowest BCUT2D eigenvalue weighted by Crippen LogP contribution is -2.31. The number of nitrogens with one attached hydrogen (secondary N) is 3. The van der Waals surface area contributed by atoms with E-state index in [9.17, 15) is 18.0 Å². The van der Waals surface area contributed by atoms with Crippen LogP contribution >= 0.6 is 11.6 Å². The second-order valence-electron chi connectivity index (χ2n) is 7.14. The fourth-order valence-electron chi connectivity index (χ4n) is 2.69. The predicted molar refractivity (Wildman–Crippen MR) is 118 cm³/mol. The minimum Gasteiger partial charge on any atom is -0.345 e. The zero-order chi connectivity index (χ0) is 22.5. The molecule has 0 aromatic heterocycles. The third kappa shape index (κ3) is 6.29. The molecule has 0 fully saturated rings. The highest BCUT2D eigenvalue weighted by Gasteiger charge is 2.20. The second-order valence-corrected chi connectivity index (χ2v) is 9.26. The topological polar surface area (TPSA) is 104 Å². The molecule has 2 aromatic carbocycles. The van der Waals surface area contributed by atoms with Crippen LogP contribution in [0.4, 0.5) is 5.69 Å². The first-order valence-electron chi connectivity index (χ1n) is 9.56. The van der Waals surface area contributed by atoms with Gasteiger partial charge in [-0.05, 0) is 56.7 Å². The van der Waals surface area contributed by atoms with Crippen LogP contribution in [0, 0.1) is 0 Å². The number of sulfonamides is 1. The second kappa shape index (κ2) is 10.1. The third-order valence-corrected chi connectivity index (χ3v) is 6.23. The van der Waals surface area contributed by atoms with Gasteiger partial charge in [0.15, 0.2) is 0 Å². The molecule has 0 aliphatic rings. The van der Waals surface area contributed by atoms with Crippen molar-refractivity contribution in [3.05, 3.63) is 58.6 Å². The summed E-state index contributed by atoms with van der Waals surface area (Å²) in [6, 6.07) is 10.5. The van der Waals surface area contributed by atoms with Gasteiger partial charge in [0.05, 0.1) is 21.5 Å². The Hall–Kier alpha value is -2.42. The van der Waals surface area contributed by atoms with E-state index in [0.717, 1.165) is 5.56 Å². The van der Waals surface area contributed by atoms with Crippen LogP contribution in [-0.2, 0) is 14.8 Å². The van der Waals surface area contributed by atoms with E-state index >= 15 is 0 Å². The van der Waals surface area contributed by atoms with E-state index < -0.39 is 15.9 Å². The Morgan fingerprint density at radius 3 is 2.23 bits per heavy atom. The lowest BCUT2D eigenvalue weighted by molar-refractivity contribution is -0.115. The van der Waals surface area contributed by atoms with Crippen molar-refractivity contribution in [1.29, 1.82) is 0 Å². The Morgan fingerprint density at radius 1 is 1.03 bits per heavy atom. The van der Waals surface area contributed by atoms with Gasteiger partial charge in [0.2, 0.25) is 15.9 Å². The molecule has 162 valence electrons.